The third kappa shape index (κ3) is 6.27. The van der Waals surface area contributed by atoms with Gasteiger partial charge in [0.2, 0.25) is 0 Å². The maximum absolute atomic E-state index is 11.1. The molecule has 1 heterocycles. The van der Waals surface area contributed by atoms with Gasteiger partial charge >= 0.3 is 0 Å². The van der Waals surface area contributed by atoms with Gasteiger partial charge in [-0.15, -0.1) is 0 Å². The number of nitrogens with zero attached hydrogens (tertiary/aromatic N) is 2. The monoisotopic (exact) mass is 289 g/mol. The predicted molar refractivity (Wildman–Crippen MR) is 80.2 cm³/mol. The van der Waals surface area contributed by atoms with Gasteiger partial charge in [-0.05, 0) is 24.7 Å². The molecule has 6 heteroatoms. The highest BCUT2D eigenvalue weighted by molar-refractivity contribution is 7.90. The number of nitrogens with one attached hydrogen (secondary N) is 1. The van der Waals surface area contributed by atoms with E-state index in [1.54, 1.807) is 7.05 Å². The second kappa shape index (κ2) is 7.12. The molecule has 0 bridgehead atoms. The highest BCUT2D eigenvalue weighted by Gasteiger charge is 2.23. The molecule has 1 rings (SSSR count). The fourth-order valence-corrected chi connectivity index (χ4v) is 3.37. The van der Waals surface area contributed by atoms with Crippen LogP contribution in [0, 0.1) is 11.8 Å². The van der Waals surface area contributed by atoms with Gasteiger partial charge in [-0.3, -0.25) is 4.99 Å². The normalized spacial score (nSPS) is 25.5. The van der Waals surface area contributed by atoms with Gasteiger partial charge < -0.3 is 10.2 Å². The molecule has 2 atom stereocenters. The Bertz CT molecular complexity index is 396. The maximum atomic E-state index is 11.1. The van der Waals surface area contributed by atoms with Crippen molar-refractivity contribution in [3.63, 3.8) is 0 Å². The molecule has 1 saturated heterocycles. The van der Waals surface area contributed by atoms with Crippen LogP contribution in [-0.2, 0) is 9.84 Å². The zero-order valence-electron chi connectivity index (χ0n) is 12.5. The van der Waals surface area contributed by atoms with Crippen LogP contribution in [0.2, 0.25) is 0 Å². The molecule has 1 aliphatic rings. The van der Waals surface area contributed by atoms with Crippen molar-refractivity contribution in [1.29, 1.82) is 0 Å². The van der Waals surface area contributed by atoms with Crippen molar-refractivity contribution >= 4 is 15.8 Å². The zero-order valence-corrected chi connectivity index (χ0v) is 13.3. The number of aliphatic imine (C=N–C) groups is 1. The van der Waals surface area contributed by atoms with Crippen LogP contribution in [0.4, 0.5) is 0 Å². The van der Waals surface area contributed by atoms with Crippen LogP contribution >= 0.6 is 0 Å². The van der Waals surface area contributed by atoms with Gasteiger partial charge in [-0.1, -0.05) is 13.8 Å². The van der Waals surface area contributed by atoms with E-state index in [9.17, 15) is 8.42 Å². The van der Waals surface area contributed by atoms with E-state index in [0.29, 0.717) is 24.8 Å². The molecule has 1 fully saturated rings. The summed E-state index contributed by atoms with van der Waals surface area (Å²) in [6, 6.07) is 0. The molecule has 0 spiro atoms. The van der Waals surface area contributed by atoms with Gasteiger partial charge in [0, 0.05) is 32.9 Å². The van der Waals surface area contributed by atoms with Crippen LogP contribution in [0.25, 0.3) is 0 Å². The summed E-state index contributed by atoms with van der Waals surface area (Å²) in [5.74, 6) is 2.48. The van der Waals surface area contributed by atoms with Gasteiger partial charge in [0.15, 0.2) is 5.96 Å². The Labute approximate surface area is 117 Å². The zero-order chi connectivity index (χ0) is 14.5. The summed E-state index contributed by atoms with van der Waals surface area (Å²) in [4.78, 5) is 6.57. The maximum Gasteiger partial charge on any atom is 0.193 e. The van der Waals surface area contributed by atoms with Crippen molar-refractivity contribution in [1.82, 2.24) is 10.2 Å². The summed E-state index contributed by atoms with van der Waals surface area (Å²) in [7, 11) is -1.08. The van der Waals surface area contributed by atoms with E-state index in [2.05, 4.69) is 29.1 Å². The molecule has 0 aromatic carbocycles. The predicted octanol–water partition coefficient (Wildman–Crippen LogP) is 0.974. The number of piperidine rings is 1. The minimum absolute atomic E-state index is 0.226. The van der Waals surface area contributed by atoms with Gasteiger partial charge in [-0.25, -0.2) is 8.42 Å². The number of sulfone groups is 1. The van der Waals surface area contributed by atoms with Crippen molar-refractivity contribution in [2.24, 2.45) is 16.8 Å². The van der Waals surface area contributed by atoms with E-state index in [0.717, 1.165) is 19.0 Å². The number of rotatable bonds is 4. The van der Waals surface area contributed by atoms with Crippen molar-refractivity contribution in [2.45, 2.75) is 26.7 Å². The highest BCUT2D eigenvalue weighted by atomic mass is 32.2. The molecule has 1 N–H and O–H groups in total. The third-order valence-corrected chi connectivity index (χ3v) is 4.39. The molecule has 0 aliphatic carbocycles. The minimum atomic E-state index is -2.86. The van der Waals surface area contributed by atoms with E-state index in [4.69, 9.17) is 0 Å². The van der Waals surface area contributed by atoms with Crippen LogP contribution < -0.4 is 5.32 Å². The Kier molecular flexibility index (Phi) is 6.10. The molecule has 0 aromatic rings. The Hall–Kier alpha value is -0.780. The molecule has 1 aliphatic heterocycles. The lowest BCUT2D eigenvalue weighted by molar-refractivity contribution is 0.208. The van der Waals surface area contributed by atoms with Crippen LogP contribution in [0.3, 0.4) is 0 Å². The second-order valence-corrected chi connectivity index (χ2v) is 8.07. The fraction of sp³-hybridized carbons (Fsp3) is 0.923. The Balaban J connectivity index is 2.41. The average Bonchev–Trinajstić information content (AvgIpc) is 2.26. The summed E-state index contributed by atoms with van der Waals surface area (Å²) in [5, 5.41) is 3.26. The molecule has 0 amide bonds. The fourth-order valence-electron chi connectivity index (χ4n) is 2.70. The minimum Gasteiger partial charge on any atom is -0.356 e. The summed E-state index contributed by atoms with van der Waals surface area (Å²) in [6.45, 7) is 7.23. The molecule has 0 aromatic heterocycles. The van der Waals surface area contributed by atoms with E-state index >= 15 is 0 Å². The SMILES string of the molecule is CN=C(NCCCS(C)(=O)=O)N1CC(C)CC(C)C1. The molecule has 2 unspecified atom stereocenters. The van der Waals surface area contributed by atoms with Gasteiger partial charge in [-0.2, -0.15) is 0 Å². The molecular weight excluding hydrogens is 262 g/mol. The Morgan fingerprint density at radius 1 is 1.32 bits per heavy atom. The van der Waals surface area contributed by atoms with Crippen LogP contribution in [-0.4, -0.2) is 58.0 Å². The lowest BCUT2D eigenvalue weighted by atomic mass is 9.92. The Morgan fingerprint density at radius 2 is 1.89 bits per heavy atom. The standard InChI is InChI=1S/C13H27N3O2S/c1-11-8-12(2)10-16(9-11)13(14-3)15-6-5-7-19(4,17)18/h11-12H,5-10H2,1-4H3,(H,14,15). The summed E-state index contributed by atoms with van der Waals surface area (Å²) >= 11 is 0. The first-order chi connectivity index (χ1) is 8.81. The Morgan fingerprint density at radius 3 is 2.37 bits per heavy atom. The summed E-state index contributed by atoms with van der Waals surface area (Å²) < 4.78 is 22.1. The lowest BCUT2D eigenvalue weighted by Gasteiger charge is -2.37. The third-order valence-electron chi connectivity index (χ3n) is 3.36. The van der Waals surface area contributed by atoms with Crippen LogP contribution in [0.15, 0.2) is 4.99 Å². The van der Waals surface area contributed by atoms with E-state index < -0.39 is 9.84 Å². The first-order valence-electron chi connectivity index (χ1n) is 6.95. The van der Waals surface area contributed by atoms with E-state index in [1.165, 1.54) is 12.7 Å². The molecular formula is C13H27N3O2S. The van der Waals surface area contributed by atoms with Crippen LogP contribution in [0.1, 0.15) is 26.7 Å². The van der Waals surface area contributed by atoms with Crippen LogP contribution in [0.5, 0.6) is 0 Å². The van der Waals surface area contributed by atoms with Crippen molar-refractivity contribution < 1.29 is 8.42 Å². The highest BCUT2D eigenvalue weighted by Crippen LogP contribution is 2.20. The van der Waals surface area contributed by atoms with Gasteiger partial charge in [0.05, 0.1) is 5.75 Å². The topological polar surface area (TPSA) is 61.8 Å². The van der Waals surface area contributed by atoms with Crippen molar-refractivity contribution in [3.05, 3.63) is 0 Å². The molecule has 5 nitrogen and oxygen atoms in total. The van der Waals surface area contributed by atoms with E-state index in [-0.39, 0.29) is 5.75 Å². The number of guanidine groups is 1. The smallest absolute Gasteiger partial charge is 0.193 e. The van der Waals surface area contributed by atoms with Gasteiger partial charge in [0.1, 0.15) is 9.84 Å². The van der Waals surface area contributed by atoms with E-state index in [1.807, 2.05) is 0 Å². The van der Waals surface area contributed by atoms with Gasteiger partial charge in [0.25, 0.3) is 0 Å². The molecule has 0 saturated carbocycles. The average molecular weight is 289 g/mol. The van der Waals surface area contributed by atoms with Crippen molar-refractivity contribution in [2.75, 3.05) is 38.7 Å². The summed E-state index contributed by atoms with van der Waals surface area (Å²) in [5.41, 5.74) is 0. The first-order valence-corrected chi connectivity index (χ1v) is 9.01. The lowest BCUT2D eigenvalue weighted by Crippen LogP contribution is -2.48. The first kappa shape index (κ1) is 16.3. The van der Waals surface area contributed by atoms with Crippen molar-refractivity contribution in [3.8, 4) is 0 Å². The summed E-state index contributed by atoms with van der Waals surface area (Å²) in [6.07, 6.45) is 3.16. The number of hydrogen-bond donors (Lipinski definition) is 1. The number of hydrogen-bond acceptors (Lipinski definition) is 3. The second-order valence-electron chi connectivity index (χ2n) is 5.81. The molecule has 19 heavy (non-hydrogen) atoms. The largest absolute Gasteiger partial charge is 0.356 e. The quantitative estimate of drug-likeness (QED) is 0.476. The number of likely N-dealkylation sites (tertiary alicyclic amines) is 1. The molecule has 112 valence electrons. The molecule has 0 radical (unpaired) electrons.